The third kappa shape index (κ3) is 6.83. The molecular weight excluding hydrogens is 441 g/mol. The first-order valence-corrected chi connectivity index (χ1v) is 12.4. The minimum atomic E-state index is 0. The van der Waals surface area contributed by atoms with Crippen LogP contribution in [0.2, 0.25) is 0 Å². The Morgan fingerprint density at radius 3 is 2.63 bits per heavy atom. The zero-order valence-electron chi connectivity index (χ0n) is 22.5. The number of hydrogen-bond donors (Lipinski definition) is 0. The van der Waals surface area contributed by atoms with E-state index in [2.05, 4.69) is 57.4 Å². The van der Waals surface area contributed by atoms with Gasteiger partial charge in [-0.15, -0.1) is 0 Å². The van der Waals surface area contributed by atoms with Crippen LogP contribution in [0.3, 0.4) is 0 Å². The molecule has 3 rings (SSSR count). The van der Waals surface area contributed by atoms with Crippen molar-refractivity contribution in [1.29, 1.82) is 0 Å². The highest BCUT2D eigenvalue weighted by molar-refractivity contribution is 5.84. The van der Waals surface area contributed by atoms with Crippen molar-refractivity contribution in [1.82, 2.24) is 9.80 Å². The van der Waals surface area contributed by atoms with Crippen LogP contribution in [0.15, 0.2) is 52.8 Å². The van der Waals surface area contributed by atoms with Crippen LogP contribution >= 0.6 is 0 Å². The predicted octanol–water partition coefficient (Wildman–Crippen LogP) is 6.02. The first-order valence-electron chi connectivity index (χ1n) is 12.4. The maximum atomic E-state index is 13.3. The molecule has 35 heavy (non-hydrogen) atoms. The molecule has 1 amide bonds. The van der Waals surface area contributed by atoms with Gasteiger partial charge in [-0.1, -0.05) is 39.5 Å². The Morgan fingerprint density at radius 2 is 1.97 bits per heavy atom. The summed E-state index contributed by atoms with van der Waals surface area (Å²) in [6.45, 7) is 16.9. The topological polar surface area (TPSA) is 45.1 Å². The maximum Gasteiger partial charge on any atom is 0.242 e. The molecule has 5 nitrogen and oxygen atoms in total. The Labute approximate surface area is 210 Å². The second-order valence-corrected chi connectivity index (χ2v) is 10.1. The molecule has 6 heteroatoms. The van der Waals surface area contributed by atoms with E-state index in [4.69, 9.17) is 9.73 Å². The number of hydrogen-bond acceptors (Lipinski definition) is 4. The molecule has 0 spiro atoms. The molecule has 0 fully saturated rings. The number of rotatable bonds is 7. The smallest absolute Gasteiger partial charge is 0.242 e. The van der Waals surface area contributed by atoms with Crippen molar-refractivity contribution >= 4 is 17.2 Å². The summed E-state index contributed by atoms with van der Waals surface area (Å²) >= 11 is 0. The minimum Gasteiger partial charge on any atom is -0.496 e. The SMILES string of the molecule is C=C(/C=C(/C(C)C)N(C)CC(=O)N1CCC2=C(CC1)C(C)CC(C)=N2)c1ccc(C)c(OC)c1.F. The maximum absolute atomic E-state index is 13.3. The molecule has 0 saturated carbocycles. The van der Waals surface area contributed by atoms with E-state index in [1.54, 1.807) is 7.11 Å². The molecule has 0 bridgehead atoms. The lowest BCUT2D eigenvalue weighted by atomic mass is 9.89. The highest BCUT2D eigenvalue weighted by atomic mass is 19.0. The molecule has 0 aromatic heterocycles. The molecule has 2 aliphatic heterocycles. The van der Waals surface area contributed by atoms with Crippen molar-refractivity contribution < 1.29 is 14.2 Å². The van der Waals surface area contributed by atoms with Crippen LogP contribution in [-0.2, 0) is 4.79 Å². The Balaban J connectivity index is 0.00000432. The average Bonchev–Trinajstić information content (AvgIpc) is 3.00. The predicted molar refractivity (Wildman–Crippen MR) is 145 cm³/mol. The van der Waals surface area contributed by atoms with Crippen molar-refractivity contribution in [2.24, 2.45) is 16.8 Å². The third-order valence-electron chi connectivity index (χ3n) is 7.02. The van der Waals surface area contributed by atoms with Gasteiger partial charge in [-0.25, -0.2) is 0 Å². The number of halogens is 1. The molecular formula is C29H42FN3O2. The van der Waals surface area contributed by atoms with Gasteiger partial charge < -0.3 is 14.5 Å². The number of allylic oxidation sites excluding steroid dienone is 3. The Kier molecular flexibility index (Phi) is 9.87. The van der Waals surface area contributed by atoms with E-state index in [-0.39, 0.29) is 16.5 Å². The largest absolute Gasteiger partial charge is 0.496 e. The van der Waals surface area contributed by atoms with Crippen molar-refractivity contribution in [3.8, 4) is 5.75 Å². The zero-order chi connectivity index (χ0) is 25.0. The van der Waals surface area contributed by atoms with E-state index in [1.807, 2.05) is 24.9 Å². The average molecular weight is 484 g/mol. The van der Waals surface area contributed by atoms with E-state index < -0.39 is 0 Å². The highest BCUT2D eigenvalue weighted by Crippen LogP contribution is 2.32. The number of nitrogens with zero attached hydrogens (tertiary/aromatic N) is 3. The van der Waals surface area contributed by atoms with Gasteiger partial charge in [0, 0.05) is 43.7 Å². The van der Waals surface area contributed by atoms with Crippen molar-refractivity contribution in [3.05, 3.63) is 58.9 Å². The van der Waals surface area contributed by atoms with E-state index in [9.17, 15) is 4.79 Å². The molecule has 1 atom stereocenters. The number of amides is 1. The summed E-state index contributed by atoms with van der Waals surface area (Å²) in [6.07, 6.45) is 4.92. The molecule has 0 radical (unpaired) electrons. The molecule has 0 aliphatic carbocycles. The summed E-state index contributed by atoms with van der Waals surface area (Å²) in [6, 6.07) is 6.14. The highest BCUT2D eigenvalue weighted by Gasteiger charge is 2.26. The summed E-state index contributed by atoms with van der Waals surface area (Å²) < 4.78 is 5.48. The fraction of sp³-hybridized carbons (Fsp3) is 0.517. The van der Waals surface area contributed by atoms with E-state index in [0.29, 0.717) is 12.5 Å². The van der Waals surface area contributed by atoms with Gasteiger partial charge >= 0.3 is 0 Å². The number of likely N-dealkylation sites (N-methyl/N-ethyl adjacent to an activating group) is 1. The summed E-state index contributed by atoms with van der Waals surface area (Å²) in [5, 5.41) is 0. The fourth-order valence-electron chi connectivity index (χ4n) is 5.06. The van der Waals surface area contributed by atoms with Crippen molar-refractivity contribution in [2.75, 3.05) is 33.8 Å². The zero-order valence-corrected chi connectivity index (χ0v) is 22.5. The Bertz CT molecular complexity index is 1040. The summed E-state index contributed by atoms with van der Waals surface area (Å²) in [5.74, 6) is 1.82. The van der Waals surface area contributed by atoms with Crippen LogP contribution in [0.25, 0.3) is 5.57 Å². The van der Waals surface area contributed by atoms with Crippen LogP contribution in [0, 0.1) is 18.8 Å². The van der Waals surface area contributed by atoms with Crippen LogP contribution in [0.1, 0.15) is 58.1 Å². The van der Waals surface area contributed by atoms with Gasteiger partial charge in [0.05, 0.1) is 13.7 Å². The number of benzene rings is 1. The molecule has 1 unspecified atom stereocenters. The first kappa shape index (κ1) is 28.3. The molecule has 0 N–H and O–H groups in total. The number of aliphatic imine (C=N–C) groups is 1. The van der Waals surface area contributed by atoms with Crippen LogP contribution in [0.5, 0.6) is 5.75 Å². The van der Waals surface area contributed by atoms with Gasteiger partial charge in [0.1, 0.15) is 5.75 Å². The van der Waals surface area contributed by atoms with Gasteiger partial charge in [0.2, 0.25) is 5.91 Å². The third-order valence-corrected chi connectivity index (χ3v) is 7.02. The lowest BCUT2D eigenvalue weighted by Crippen LogP contribution is -2.40. The number of aryl methyl sites for hydroxylation is 1. The summed E-state index contributed by atoms with van der Waals surface area (Å²) in [4.78, 5) is 22.2. The van der Waals surface area contributed by atoms with E-state index in [0.717, 1.165) is 60.5 Å². The molecule has 1 aromatic rings. The van der Waals surface area contributed by atoms with Crippen molar-refractivity contribution in [3.63, 3.8) is 0 Å². The van der Waals surface area contributed by atoms with Crippen molar-refractivity contribution in [2.45, 2.75) is 53.9 Å². The molecule has 1 aromatic carbocycles. The molecule has 192 valence electrons. The second-order valence-electron chi connectivity index (χ2n) is 10.1. The number of methoxy groups -OCH3 is 1. The lowest BCUT2D eigenvalue weighted by molar-refractivity contribution is -0.131. The quantitative estimate of drug-likeness (QED) is 0.446. The lowest BCUT2D eigenvalue weighted by Gasteiger charge is -2.29. The van der Waals surface area contributed by atoms with E-state index >= 15 is 0 Å². The Morgan fingerprint density at radius 1 is 1.29 bits per heavy atom. The molecule has 0 saturated heterocycles. The van der Waals surface area contributed by atoms with Crippen LogP contribution in [-0.4, -0.2) is 55.2 Å². The first-order chi connectivity index (χ1) is 16.1. The second kappa shape index (κ2) is 12.2. The minimum absolute atomic E-state index is 0. The standard InChI is InChI=1S/C29H41N3O2.FH/c1-19(2)27(16-21(4)24-10-9-20(3)28(17-24)34-8)31(7)18-29(33)32-13-11-25-22(5)15-23(6)30-26(25)12-14-32;/h9-10,16-17,19,22H,4,11-15,18H2,1-3,5-8H3;1H/b27-16-;. The Hall–Kier alpha value is -2.89. The summed E-state index contributed by atoms with van der Waals surface area (Å²) in [5.41, 5.74) is 8.00. The van der Waals surface area contributed by atoms with Gasteiger partial charge in [-0.2, -0.15) is 0 Å². The number of carbonyl (C=O) groups is 1. The fourth-order valence-corrected chi connectivity index (χ4v) is 5.06. The van der Waals surface area contributed by atoms with Gasteiger partial charge in [0.15, 0.2) is 0 Å². The molecule has 2 aliphatic rings. The van der Waals surface area contributed by atoms with Gasteiger partial charge in [0.25, 0.3) is 0 Å². The molecule has 2 heterocycles. The van der Waals surface area contributed by atoms with Gasteiger partial charge in [-0.3, -0.25) is 14.5 Å². The number of ether oxygens (including phenoxy) is 1. The van der Waals surface area contributed by atoms with Crippen LogP contribution < -0.4 is 4.74 Å². The monoisotopic (exact) mass is 483 g/mol. The van der Waals surface area contributed by atoms with E-state index in [1.165, 1.54) is 17.0 Å². The van der Waals surface area contributed by atoms with Gasteiger partial charge in [-0.05, 0) is 72.9 Å². The normalized spacial score (nSPS) is 18.4. The van der Waals surface area contributed by atoms with Crippen LogP contribution in [0.4, 0.5) is 4.70 Å². The number of carbonyl (C=O) groups excluding carboxylic acids is 1. The summed E-state index contributed by atoms with van der Waals surface area (Å²) in [7, 11) is 3.69.